The molecule has 0 amide bonds. The molecule has 6 aromatic carbocycles. The summed E-state index contributed by atoms with van der Waals surface area (Å²) in [7, 11) is -3.03. The minimum atomic E-state index is -3.16. The van der Waals surface area contributed by atoms with Crippen molar-refractivity contribution in [3.63, 3.8) is 0 Å². The van der Waals surface area contributed by atoms with E-state index in [0.29, 0.717) is 0 Å². The first-order chi connectivity index (χ1) is 23.4. The SMILES string of the molecule is C[Si](C)(C)C=P(c1ccccc1)(c1ccccc1)c1ccccc1.C[Si](C)(C)[CH-]P(Cl)(c1ccccc1)(c1ccccc1)c1ccccc1.[Ag+]. The van der Waals surface area contributed by atoms with E-state index in [4.69, 9.17) is 11.2 Å². The maximum Gasteiger partial charge on any atom is 1.00 e. The minimum Gasteiger partial charge on any atom is 1.00 e. The zero-order chi connectivity index (χ0) is 35.0. The van der Waals surface area contributed by atoms with Gasteiger partial charge in [0.2, 0.25) is 0 Å². The second-order valence-corrected chi connectivity index (χ2v) is 35.1. The molecule has 6 heteroatoms. The predicted octanol–water partition coefficient (Wildman–Crippen LogP) is 10.4. The maximum atomic E-state index is 7.97. The summed E-state index contributed by atoms with van der Waals surface area (Å²) >= 11 is 7.97. The van der Waals surface area contributed by atoms with Gasteiger partial charge in [-0.1, -0.05) is 116 Å². The Morgan fingerprint density at radius 2 is 0.680 bits per heavy atom. The van der Waals surface area contributed by atoms with Crippen LogP contribution in [0.25, 0.3) is 0 Å². The van der Waals surface area contributed by atoms with Gasteiger partial charge in [-0.25, -0.2) is 0 Å². The fourth-order valence-electron chi connectivity index (χ4n) is 6.80. The fraction of sp³-hybridized carbons (Fsp3) is 0.136. The number of halogens is 1. The molecule has 0 saturated carbocycles. The zero-order valence-corrected chi connectivity index (χ0v) is 36.1. The molecule has 0 atom stereocenters. The van der Waals surface area contributed by atoms with Gasteiger partial charge in [-0.15, -0.1) is 0 Å². The molecular weight excluding hydrogens is 790 g/mol. The minimum absolute atomic E-state index is 0. The van der Waals surface area contributed by atoms with Gasteiger partial charge in [0.05, 0.1) is 8.07 Å². The van der Waals surface area contributed by atoms with Crippen LogP contribution in [0.5, 0.6) is 0 Å². The molecule has 262 valence electrons. The molecule has 0 aliphatic carbocycles. The van der Waals surface area contributed by atoms with Crippen molar-refractivity contribution >= 4 is 77.5 Å². The third kappa shape index (κ3) is 8.93. The van der Waals surface area contributed by atoms with Crippen LogP contribution in [-0.4, -0.2) is 21.6 Å². The Labute approximate surface area is 324 Å². The standard InChI is InChI=1S/C22H25ClPSi.C22H25PSi.Ag/c1-25(2,3)19-24(23,20-13-7-4-8-14-20,21-15-9-5-10-16-21)22-17-11-6-12-18-22;1-24(2,3)19-23(20-13-7-4-8-14-20,21-15-9-5-10-16-21)22-17-11-6-12-18-22;/h4-19H,1-3H3;4-19H,1-3H3;/q-1;;+1. The van der Waals surface area contributed by atoms with Crippen LogP contribution in [0.4, 0.5) is 0 Å². The van der Waals surface area contributed by atoms with Gasteiger partial charge in [-0.2, -0.15) is 0 Å². The Bertz CT molecular complexity index is 1760. The fourth-order valence-corrected chi connectivity index (χ4v) is 30.5. The van der Waals surface area contributed by atoms with E-state index in [1.165, 1.54) is 31.8 Å². The summed E-state index contributed by atoms with van der Waals surface area (Å²) in [6.07, 6.45) is 0. The van der Waals surface area contributed by atoms with Crippen molar-refractivity contribution in [1.29, 1.82) is 0 Å². The second-order valence-electron chi connectivity index (χ2n) is 14.8. The van der Waals surface area contributed by atoms with E-state index >= 15 is 0 Å². The van der Waals surface area contributed by atoms with Crippen molar-refractivity contribution in [3.8, 4) is 0 Å². The summed E-state index contributed by atoms with van der Waals surface area (Å²) < 4.78 is 0. The Morgan fingerprint density at radius 3 is 0.900 bits per heavy atom. The number of rotatable bonds is 9. The molecule has 0 unspecified atom stereocenters. The van der Waals surface area contributed by atoms with Crippen molar-refractivity contribution < 1.29 is 22.4 Å². The maximum absolute atomic E-state index is 7.97. The third-order valence-electron chi connectivity index (χ3n) is 8.48. The van der Waals surface area contributed by atoms with Crippen LogP contribution < -0.4 is 31.8 Å². The molecule has 0 fully saturated rings. The Kier molecular flexibility index (Phi) is 13.6. The van der Waals surface area contributed by atoms with Crippen LogP contribution >= 0.6 is 24.1 Å². The first-order valence-corrected chi connectivity index (χ1v) is 29.3. The summed E-state index contributed by atoms with van der Waals surface area (Å²) in [5, 5.41) is 8.00. The molecule has 0 aliphatic rings. The Morgan fingerprint density at radius 1 is 0.440 bits per heavy atom. The third-order valence-corrected chi connectivity index (χ3v) is 28.1. The Balaban J connectivity index is 0.000000220. The first kappa shape index (κ1) is 40.3. The van der Waals surface area contributed by atoms with E-state index in [0.717, 1.165) is 0 Å². The van der Waals surface area contributed by atoms with Gasteiger partial charge < -0.3 is 0 Å². The van der Waals surface area contributed by atoms with E-state index in [1.54, 1.807) is 0 Å². The van der Waals surface area contributed by atoms with E-state index < -0.39 is 29.0 Å². The van der Waals surface area contributed by atoms with Gasteiger partial charge in [0.25, 0.3) is 0 Å². The normalized spacial score (nSPS) is 12.7. The first-order valence-electron chi connectivity index (χ1n) is 17.1. The largest absolute Gasteiger partial charge is 1.00 e. The summed E-state index contributed by atoms with van der Waals surface area (Å²) in [4.78, 5) is 0. The molecule has 0 bridgehead atoms. The average molecular weight is 840 g/mol. The van der Waals surface area contributed by atoms with Gasteiger partial charge in [-0.05, 0) is 22.8 Å². The van der Waals surface area contributed by atoms with E-state index in [1.807, 2.05) is 0 Å². The summed E-state index contributed by atoms with van der Waals surface area (Å²) in [5.74, 6) is -0.620. The van der Waals surface area contributed by atoms with Crippen LogP contribution in [0.2, 0.25) is 39.3 Å². The van der Waals surface area contributed by atoms with Crippen LogP contribution in [0, 0.1) is 5.79 Å². The molecule has 6 aromatic rings. The van der Waals surface area contributed by atoms with Crippen molar-refractivity contribution in [1.82, 2.24) is 0 Å². The molecule has 0 heterocycles. The summed E-state index contributed by atoms with van der Waals surface area (Å²) in [5.41, 5.74) is 2.74. The van der Waals surface area contributed by atoms with E-state index in [9.17, 15) is 0 Å². The van der Waals surface area contributed by atoms with Crippen molar-refractivity contribution in [2.45, 2.75) is 39.3 Å². The van der Waals surface area contributed by atoms with E-state index in [-0.39, 0.29) is 22.4 Å². The van der Waals surface area contributed by atoms with Crippen molar-refractivity contribution in [3.05, 3.63) is 188 Å². The molecule has 0 N–H and O–H groups in total. The zero-order valence-electron chi connectivity index (χ0n) is 30.0. The van der Waals surface area contributed by atoms with Gasteiger partial charge in [-0.3, -0.25) is 0 Å². The number of benzene rings is 6. The van der Waals surface area contributed by atoms with Crippen molar-refractivity contribution in [2.24, 2.45) is 0 Å². The van der Waals surface area contributed by atoms with Crippen LogP contribution in [0.15, 0.2) is 182 Å². The molecule has 0 saturated heterocycles. The number of hydrogen-bond donors (Lipinski definition) is 0. The summed E-state index contributed by atoms with van der Waals surface area (Å²) in [6.45, 7) is 12.7. The monoisotopic (exact) mass is 838 g/mol. The van der Waals surface area contributed by atoms with Crippen molar-refractivity contribution in [2.75, 3.05) is 0 Å². The van der Waals surface area contributed by atoms with Gasteiger partial charge >= 0.3 is 180 Å². The molecule has 50 heavy (non-hydrogen) atoms. The van der Waals surface area contributed by atoms with Gasteiger partial charge in [0.15, 0.2) is 0 Å². The average Bonchev–Trinajstić information content (AvgIpc) is 3.12. The molecule has 0 aromatic heterocycles. The topological polar surface area (TPSA) is 0 Å². The van der Waals surface area contributed by atoms with Gasteiger partial charge in [0.1, 0.15) is 0 Å². The molecular formula is C44H50AgClP2Si2. The molecule has 0 aliphatic heterocycles. The van der Waals surface area contributed by atoms with Crippen LogP contribution in [-0.2, 0) is 22.4 Å². The Hall–Kier alpha value is -2.49. The molecule has 0 radical (unpaired) electrons. The van der Waals surface area contributed by atoms with E-state index in [2.05, 4.69) is 232 Å². The quantitative estimate of drug-likeness (QED) is 0.0773. The summed E-state index contributed by atoms with van der Waals surface area (Å²) in [6, 6.07) is 65.2. The molecule has 6 rings (SSSR count). The van der Waals surface area contributed by atoms with Crippen LogP contribution in [0.3, 0.4) is 0 Å². The number of hydrogen-bond acceptors (Lipinski definition) is 0. The predicted molar refractivity (Wildman–Crippen MR) is 233 cm³/mol. The molecule has 0 spiro atoms. The van der Waals surface area contributed by atoms with Gasteiger partial charge in [0, 0.05) is 0 Å². The molecule has 0 nitrogen and oxygen atoms in total. The smallest absolute Gasteiger partial charge is 1.00 e. The van der Waals surface area contributed by atoms with Crippen LogP contribution in [0.1, 0.15) is 0 Å². The second kappa shape index (κ2) is 16.9.